The molecule has 1 aliphatic heterocycles. The third-order valence-electron chi connectivity index (χ3n) is 6.68. The number of pyridine rings is 1. The molecule has 2 fully saturated rings. The SMILES string of the molecule is O=C(O)Oc1cn(C2CC2)c2c(F)c(N3CC4C=CCC(CO)C4C3)c(F)cc2c1=O. The lowest BCUT2D eigenvalue weighted by Crippen LogP contribution is -2.28. The summed E-state index contributed by atoms with van der Waals surface area (Å²) in [6.07, 6.45) is 5.82. The van der Waals surface area contributed by atoms with Crippen LogP contribution in [-0.2, 0) is 0 Å². The van der Waals surface area contributed by atoms with E-state index in [0.29, 0.717) is 13.1 Å². The van der Waals surface area contributed by atoms with Gasteiger partial charge >= 0.3 is 6.16 Å². The summed E-state index contributed by atoms with van der Waals surface area (Å²) in [6, 6.07) is 0.875. The Morgan fingerprint density at radius 2 is 2.03 bits per heavy atom. The van der Waals surface area contributed by atoms with E-state index in [1.54, 1.807) is 4.90 Å². The van der Waals surface area contributed by atoms with Gasteiger partial charge in [0, 0.05) is 25.7 Å². The number of hydrogen-bond acceptors (Lipinski definition) is 5. The number of hydrogen-bond donors (Lipinski definition) is 2. The number of halogens is 2. The summed E-state index contributed by atoms with van der Waals surface area (Å²) in [5.74, 6) is -1.93. The Hall–Kier alpha value is -2.94. The largest absolute Gasteiger partial charge is 0.511 e. The van der Waals surface area contributed by atoms with Crippen LogP contribution in [0.1, 0.15) is 25.3 Å². The van der Waals surface area contributed by atoms with E-state index in [1.807, 2.05) is 12.2 Å². The second-order valence-corrected chi connectivity index (χ2v) is 8.59. The van der Waals surface area contributed by atoms with Gasteiger partial charge in [0.15, 0.2) is 11.6 Å². The van der Waals surface area contributed by atoms with Crippen LogP contribution in [0.3, 0.4) is 0 Å². The second-order valence-electron chi connectivity index (χ2n) is 8.59. The van der Waals surface area contributed by atoms with Crippen molar-refractivity contribution in [3.63, 3.8) is 0 Å². The second kappa shape index (κ2) is 7.33. The Morgan fingerprint density at radius 3 is 2.71 bits per heavy atom. The van der Waals surface area contributed by atoms with Crippen LogP contribution in [0.4, 0.5) is 19.3 Å². The standard InChI is InChI=1S/C22H22F2N2O5/c23-16-6-14-19(26(13-4-5-13)9-17(21(14)28)31-22(29)30)18(24)20(16)25-7-11-2-1-3-12(10-27)15(11)8-25/h1-2,6,9,11-13,15,27H,3-5,7-8,10H2,(H,29,30). The van der Waals surface area contributed by atoms with Gasteiger partial charge in [0.25, 0.3) is 0 Å². The molecule has 0 spiro atoms. The Balaban J connectivity index is 1.64. The van der Waals surface area contributed by atoms with Gasteiger partial charge in [-0.3, -0.25) is 4.79 Å². The minimum atomic E-state index is -1.66. The number of aliphatic hydroxyl groups excluding tert-OH is 1. The maximum absolute atomic E-state index is 15.8. The molecule has 5 rings (SSSR count). The van der Waals surface area contributed by atoms with Crippen LogP contribution in [0.15, 0.2) is 29.2 Å². The number of ether oxygens (including phenoxy) is 1. The molecule has 3 atom stereocenters. The van der Waals surface area contributed by atoms with E-state index in [4.69, 9.17) is 5.11 Å². The molecule has 3 aliphatic rings. The average molecular weight is 432 g/mol. The zero-order valence-electron chi connectivity index (χ0n) is 16.6. The highest BCUT2D eigenvalue weighted by molar-refractivity contribution is 5.86. The number of allylic oxidation sites excluding steroid dienone is 1. The van der Waals surface area contributed by atoms with E-state index in [0.717, 1.165) is 25.3 Å². The van der Waals surface area contributed by atoms with Crippen LogP contribution >= 0.6 is 0 Å². The smallest absolute Gasteiger partial charge is 0.449 e. The van der Waals surface area contributed by atoms with Gasteiger partial charge in [0.1, 0.15) is 11.5 Å². The maximum atomic E-state index is 15.8. The molecular formula is C22H22F2N2O5. The highest BCUT2D eigenvalue weighted by atomic mass is 19.1. The van der Waals surface area contributed by atoms with Crippen molar-refractivity contribution in [1.29, 1.82) is 0 Å². The third-order valence-corrected chi connectivity index (χ3v) is 6.68. The van der Waals surface area contributed by atoms with E-state index in [1.165, 1.54) is 10.8 Å². The molecule has 1 aromatic heterocycles. The van der Waals surface area contributed by atoms with Crippen molar-refractivity contribution in [2.75, 3.05) is 24.6 Å². The number of rotatable bonds is 4. The van der Waals surface area contributed by atoms with Gasteiger partial charge in [-0.05, 0) is 43.1 Å². The van der Waals surface area contributed by atoms with Gasteiger partial charge in [-0.1, -0.05) is 12.2 Å². The van der Waals surface area contributed by atoms with Crippen LogP contribution in [0, 0.1) is 29.4 Å². The number of carboxylic acid groups (broad SMARTS) is 1. The van der Waals surface area contributed by atoms with Crippen LogP contribution < -0.4 is 15.1 Å². The summed E-state index contributed by atoms with van der Waals surface area (Å²) in [6.45, 7) is 0.855. The number of fused-ring (bicyclic) bond motifs is 2. The third kappa shape index (κ3) is 3.27. The van der Waals surface area contributed by atoms with E-state index in [2.05, 4.69) is 4.74 Å². The van der Waals surface area contributed by atoms with Gasteiger partial charge in [-0.15, -0.1) is 0 Å². The summed E-state index contributed by atoms with van der Waals surface area (Å²) in [4.78, 5) is 25.3. The number of carbonyl (C=O) groups is 1. The number of aliphatic hydroxyl groups is 1. The molecule has 2 N–H and O–H groups in total. The summed E-state index contributed by atoms with van der Waals surface area (Å²) in [5.41, 5.74) is -1.09. The molecule has 1 aromatic carbocycles. The van der Waals surface area contributed by atoms with Crippen LogP contribution in [-0.4, -0.2) is 40.6 Å². The van der Waals surface area contributed by atoms with Gasteiger partial charge in [0.05, 0.1) is 17.1 Å². The number of aromatic nitrogens is 1. The Bertz CT molecular complexity index is 1160. The van der Waals surface area contributed by atoms with E-state index >= 15 is 8.78 Å². The predicted octanol–water partition coefficient (Wildman–Crippen LogP) is 3.29. The molecule has 7 nitrogen and oxygen atoms in total. The fourth-order valence-electron chi connectivity index (χ4n) is 5.06. The molecule has 1 saturated carbocycles. The molecule has 1 saturated heterocycles. The van der Waals surface area contributed by atoms with Gasteiger partial charge in [0.2, 0.25) is 5.43 Å². The Labute approximate surface area is 176 Å². The zero-order chi connectivity index (χ0) is 21.9. The van der Waals surface area contributed by atoms with Crippen molar-refractivity contribution >= 4 is 22.7 Å². The van der Waals surface area contributed by atoms with E-state index in [9.17, 15) is 14.7 Å². The Morgan fingerprint density at radius 1 is 1.26 bits per heavy atom. The fourth-order valence-corrected chi connectivity index (χ4v) is 5.06. The summed E-state index contributed by atoms with van der Waals surface area (Å²) < 4.78 is 37.0. The average Bonchev–Trinajstić information content (AvgIpc) is 3.48. The first kappa shape index (κ1) is 20.0. The minimum absolute atomic E-state index is 0.0234. The number of benzene rings is 1. The molecule has 164 valence electrons. The monoisotopic (exact) mass is 432 g/mol. The molecule has 0 amide bonds. The molecule has 2 heterocycles. The quantitative estimate of drug-likeness (QED) is 0.569. The van der Waals surface area contributed by atoms with Crippen molar-refractivity contribution in [3.8, 4) is 5.75 Å². The van der Waals surface area contributed by atoms with Crippen molar-refractivity contribution in [2.24, 2.45) is 17.8 Å². The number of nitrogens with zero attached hydrogens (tertiary/aromatic N) is 2. The van der Waals surface area contributed by atoms with Gasteiger partial charge in [-0.2, -0.15) is 0 Å². The normalized spacial score (nSPS) is 25.1. The molecule has 2 aromatic rings. The summed E-state index contributed by atoms with van der Waals surface area (Å²) in [5, 5.41) is 18.3. The Kier molecular flexibility index (Phi) is 4.73. The van der Waals surface area contributed by atoms with Gasteiger partial charge in [-0.25, -0.2) is 13.6 Å². The highest BCUT2D eigenvalue weighted by Gasteiger charge is 2.40. The topological polar surface area (TPSA) is 92.0 Å². The van der Waals surface area contributed by atoms with Gasteiger partial charge < -0.3 is 24.4 Å². The molecule has 9 heteroatoms. The molecule has 31 heavy (non-hydrogen) atoms. The summed E-state index contributed by atoms with van der Waals surface area (Å²) in [7, 11) is 0. The highest BCUT2D eigenvalue weighted by Crippen LogP contribution is 2.43. The lowest BCUT2D eigenvalue weighted by molar-refractivity contribution is 0.143. The molecule has 3 unspecified atom stereocenters. The molecule has 0 bridgehead atoms. The van der Waals surface area contributed by atoms with Crippen molar-refractivity contribution in [1.82, 2.24) is 4.57 Å². The summed E-state index contributed by atoms with van der Waals surface area (Å²) >= 11 is 0. The van der Waals surface area contributed by atoms with E-state index < -0.39 is 29.0 Å². The molecule has 2 aliphatic carbocycles. The van der Waals surface area contributed by atoms with E-state index in [-0.39, 0.29) is 47.0 Å². The zero-order valence-corrected chi connectivity index (χ0v) is 16.6. The van der Waals surface area contributed by atoms with Crippen molar-refractivity contribution in [2.45, 2.75) is 25.3 Å². The lowest BCUT2D eigenvalue weighted by Gasteiger charge is -2.27. The van der Waals surface area contributed by atoms with Crippen LogP contribution in [0.5, 0.6) is 5.75 Å². The first-order chi connectivity index (χ1) is 14.9. The van der Waals surface area contributed by atoms with Crippen molar-refractivity contribution in [3.05, 3.63) is 46.3 Å². The van der Waals surface area contributed by atoms with Crippen LogP contribution in [0.2, 0.25) is 0 Å². The maximum Gasteiger partial charge on any atom is 0.511 e. The predicted molar refractivity (Wildman–Crippen MR) is 109 cm³/mol. The first-order valence-corrected chi connectivity index (χ1v) is 10.4. The fraction of sp³-hybridized carbons (Fsp3) is 0.455. The van der Waals surface area contributed by atoms with Crippen LogP contribution in [0.25, 0.3) is 10.9 Å². The van der Waals surface area contributed by atoms with Crippen molar-refractivity contribution < 1.29 is 28.5 Å². The minimum Gasteiger partial charge on any atom is -0.449 e. The first-order valence-electron chi connectivity index (χ1n) is 10.4. The lowest BCUT2D eigenvalue weighted by atomic mass is 9.78. The number of anilines is 1. The molecule has 0 radical (unpaired) electrons. The molecular weight excluding hydrogens is 410 g/mol.